The summed E-state index contributed by atoms with van der Waals surface area (Å²) in [6, 6.07) is 17.8. The van der Waals surface area contributed by atoms with Crippen LogP contribution in [0.1, 0.15) is 11.4 Å². The number of phenolic OH excluding ortho intramolecular Hbond substituents is 1. The lowest BCUT2D eigenvalue weighted by Gasteiger charge is -2.13. The number of para-hydroxylation sites is 1. The third kappa shape index (κ3) is 4.10. The van der Waals surface area contributed by atoms with Gasteiger partial charge in [0.15, 0.2) is 0 Å². The summed E-state index contributed by atoms with van der Waals surface area (Å²) in [5.74, 6) is 0.544. The second kappa shape index (κ2) is 8.30. The fraction of sp³-hybridized carbons (Fsp3) is 0. The average Bonchev–Trinajstić information content (AvgIpc) is 2.70. The highest BCUT2D eigenvalue weighted by Crippen LogP contribution is 2.26. The smallest absolute Gasteiger partial charge is 0.266 e. The lowest BCUT2D eigenvalue weighted by atomic mass is 10.2. The third-order valence-electron chi connectivity index (χ3n) is 4.35. The average molecular weight is 580 g/mol. The van der Waals surface area contributed by atoms with Crippen LogP contribution >= 0.6 is 50.1 Å². The summed E-state index contributed by atoms with van der Waals surface area (Å²) in [5.41, 5.74) is 1.53. The van der Waals surface area contributed by atoms with Gasteiger partial charge in [-0.05, 0) is 83.3 Å². The Kier molecular flexibility index (Phi) is 5.76. The molecule has 0 radical (unpaired) electrons. The first-order valence-electron chi connectivity index (χ1n) is 8.58. The van der Waals surface area contributed by atoms with Crippen molar-refractivity contribution < 1.29 is 5.11 Å². The van der Waals surface area contributed by atoms with Gasteiger partial charge in [0.1, 0.15) is 11.6 Å². The summed E-state index contributed by atoms with van der Waals surface area (Å²) >= 11 is 12.0. The molecule has 4 rings (SSSR count). The van der Waals surface area contributed by atoms with E-state index in [4.69, 9.17) is 11.6 Å². The zero-order chi connectivity index (χ0) is 20.5. The number of fused-ring (bicyclic) bond motifs is 1. The highest BCUT2D eigenvalue weighted by Gasteiger charge is 2.14. The fourth-order valence-corrected chi connectivity index (χ4v) is 4.07. The molecule has 1 aromatic heterocycles. The van der Waals surface area contributed by atoms with E-state index in [-0.39, 0.29) is 11.3 Å². The molecular weight excluding hydrogens is 567 g/mol. The SMILES string of the molecule is O=c1c2cc(I)ccc2nc(C=Cc2cc(Br)ccc2O)n1-c1ccccc1Cl. The predicted molar refractivity (Wildman–Crippen MR) is 130 cm³/mol. The number of hydrogen-bond donors (Lipinski definition) is 1. The molecule has 7 heteroatoms. The van der Waals surface area contributed by atoms with Crippen molar-refractivity contribution in [1.82, 2.24) is 9.55 Å². The summed E-state index contributed by atoms with van der Waals surface area (Å²) in [4.78, 5) is 18.0. The molecule has 29 heavy (non-hydrogen) atoms. The van der Waals surface area contributed by atoms with Crippen LogP contribution in [0.4, 0.5) is 0 Å². The van der Waals surface area contributed by atoms with Gasteiger partial charge in [0.05, 0.1) is 21.6 Å². The van der Waals surface area contributed by atoms with Gasteiger partial charge in [-0.15, -0.1) is 0 Å². The molecule has 0 atom stereocenters. The van der Waals surface area contributed by atoms with Crippen LogP contribution in [0.25, 0.3) is 28.7 Å². The molecule has 0 saturated carbocycles. The summed E-state index contributed by atoms with van der Waals surface area (Å²) in [6.07, 6.45) is 3.41. The molecule has 0 aliphatic rings. The first kappa shape index (κ1) is 20.1. The second-order valence-corrected chi connectivity index (χ2v) is 8.83. The van der Waals surface area contributed by atoms with E-state index in [0.29, 0.717) is 33.0 Å². The molecule has 0 aliphatic heterocycles. The number of phenols is 1. The molecule has 0 saturated heterocycles. The van der Waals surface area contributed by atoms with Crippen LogP contribution in [0.5, 0.6) is 5.75 Å². The first-order valence-corrected chi connectivity index (χ1v) is 10.8. The van der Waals surface area contributed by atoms with Gasteiger partial charge in [0.25, 0.3) is 5.56 Å². The number of hydrogen-bond acceptors (Lipinski definition) is 3. The van der Waals surface area contributed by atoms with E-state index in [1.54, 1.807) is 42.5 Å². The monoisotopic (exact) mass is 578 g/mol. The van der Waals surface area contributed by atoms with Gasteiger partial charge < -0.3 is 5.11 Å². The van der Waals surface area contributed by atoms with Crippen LogP contribution in [0, 0.1) is 3.57 Å². The molecule has 1 N–H and O–H groups in total. The maximum Gasteiger partial charge on any atom is 0.266 e. The van der Waals surface area contributed by atoms with E-state index in [0.717, 1.165) is 8.04 Å². The fourth-order valence-electron chi connectivity index (χ4n) is 2.98. The molecule has 0 unspecified atom stereocenters. The zero-order valence-electron chi connectivity index (χ0n) is 14.8. The maximum atomic E-state index is 13.4. The Balaban J connectivity index is 1.99. The maximum absolute atomic E-state index is 13.4. The van der Waals surface area contributed by atoms with Crippen molar-refractivity contribution in [2.75, 3.05) is 0 Å². The van der Waals surface area contributed by atoms with Gasteiger partial charge >= 0.3 is 0 Å². The minimum Gasteiger partial charge on any atom is -0.507 e. The van der Waals surface area contributed by atoms with Crippen LogP contribution in [-0.2, 0) is 0 Å². The van der Waals surface area contributed by atoms with E-state index in [9.17, 15) is 9.90 Å². The van der Waals surface area contributed by atoms with Crippen molar-refractivity contribution in [1.29, 1.82) is 0 Å². The van der Waals surface area contributed by atoms with E-state index in [1.165, 1.54) is 4.57 Å². The van der Waals surface area contributed by atoms with Gasteiger partial charge in [0, 0.05) is 13.6 Å². The quantitative estimate of drug-likeness (QED) is 0.291. The third-order valence-corrected chi connectivity index (χ3v) is 5.83. The topological polar surface area (TPSA) is 55.1 Å². The minimum atomic E-state index is -0.209. The van der Waals surface area contributed by atoms with Crippen LogP contribution in [0.15, 0.2) is 69.9 Å². The van der Waals surface area contributed by atoms with Gasteiger partial charge in [-0.1, -0.05) is 39.7 Å². The molecule has 0 spiro atoms. The van der Waals surface area contributed by atoms with E-state index >= 15 is 0 Å². The van der Waals surface area contributed by atoms with Crippen molar-refractivity contribution in [3.8, 4) is 11.4 Å². The van der Waals surface area contributed by atoms with E-state index in [2.05, 4.69) is 43.5 Å². The van der Waals surface area contributed by atoms with Crippen molar-refractivity contribution in [2.24, 2.45) is 0 Å². The van der Waals surface area contributed by atoms with Gasteiger partial charge in [-0.2, -0.15) is 0 Å². The number of aromatic hydroxyl groups is 1. The van der Waals surface area contributed by atoms with Crippen LogP contribution in [0.3, 0.4) is 0 Å². The highest BCUT2D eigenvalue weighted by molar-refractivity contribution is 14.1. The first-order chi connectivity index (χ1) is 13.9. The summed E-state index contributed by atoms with van der Waals surface area (Å²) in [7, 11) is 0. The molecule has 4 aromatic rings. The molecule has 0 fully saturated rings. The number of benzene rings is 3. The van der Waals surface area contributed by atoms with Gasteiger partial charge in [-0.3, -0.25) is 9.36 Å². The Morgan fingerprint density at radius 3 is 2.66 bits per heavy atom. The Morgan fingerprint density at radius 1 is 1.07 bits per heavy atom. The summed E-state index contributed by atoms with van der Waals surface area (Å²) in [6.45, 7) is 0. The van der Waals surface area contributed by atoms with Crippen LogP contribution < -0.4 is 5.56 Å². The largest absolute Gasteiger partial charge is 0.507 e. The molecule has 3 aromatic carbocycles. The van der Waals surface area contributed by atoms with E-state index < -0.39 is 0 Å². The standard InChI is InChI=1S/C22H13BrClIN2O2/c23-14-6-9-20(28)13(11-14)5-10-21-26-18-8-7-15(25)12-16(18)22(29)27(21)19-4-2-1-3-17(19)24/h1-12,28H. The summed E-state index contributed by atoms with van der Waals surface area (Å²) < 4.78 is 3.27. The normalized spacial score (nSPS) is 11.4. The second-order valence-electron chi connectivity index (χ2n) is 6.26. The Labute approximate surface area is 193 Å². The lowest BCUT2D eigenvalue weighted by Crippen LogP contribution is -2.22. The van der Waals surface area contributed by atoms with Crippen molar-refractivity contribution in [2.45, 2.75) is 0 Å². The highest BCUT2D eigenvalue weighted by atomic mass is 127. The van der Waals surface area contributed by atoms with E-state index in [1.807, 2.05) is 30.3 Å². The van der Waals surface area contributed by atoms with Crippen LogP contribution in [0.2, 0.25) is 5.02 Å². The van der Waals surface area contributed by atoms with Gasteiger partial charge in [-0.25, -0.2) is 4.98 Å². The molecule has 0 aliphatic carbocycles. The van der Waals surface area contributed by atoms with Crippen molar-refractivity contribution >= 4 is 73.2 Å². The number of halogens is 3. The Bertz CT molecular complexity index is 1330. The Hall–Kier alpha value is -2.16. The molecule has 0 bridgehead atoms. The lowest BCUT2D eigenvalue weighted by molar-refractivity contribution is 0.474. The van der Waals surface area contributed by atoms with Crippen molar-refractivity contribution in [3.05, 3.63) is 95.5 Å². The Morgan fingerprint density at radius 2 is 1.86 bits per heavy atom. The zero-order valence-corrected chi connectivity index (χ0v) is 19.3. The molecule has 144 valence electrons. The van der Waals surface area contributed by atoms with Crippen LogP contribution in [-0.4, -0.2) is 14.7 Å². The molecule has 4 nitrogen and oxygen atoms in total. The summed E-state index contributed by atoms with van der Waals surface area (Å²) in [5, 5.41) is 11.1. The number of nitrogens with zero attached hydrogens (tertiary/aromatic N) is 2. The minimum absolute atomic E-state index is 0.131. The predicted octanol–water partition coefficient (Wildman–Crippen LogP) is 6.28. The van der Waals surface area contributed by atoms with Crippen molar-refractivity contribution in [3.63, 3.8) is 0 Å². The number of aromatic nitrogens is 2. The number of rotatable bonds is 3. The van der Waals surface area contributed by atoms with Gasteiger partial charge in [0.2, 0.25) is 0 Å². The molecule has 0 amide bonds. The molecular formula is C22H13BrClIN2O2. The molecule has 1 heterocycles.